The summed E-state index contributed by atoms with van der Waals surface area (Å²) in [5.74, 6) is 1.38. The van der Waals surface area contributed by atoms with E-state index in [0.29, 0.717) is 12.8 Å². The van der Waals surface area contributed by atoms with Crippen molar-refractivity contribution in [2.75, 3.05) is 0 Å². The molecule has 0 aromatic rings. The van der Waals surface area contributed by atoms with Gasteiger partial charge in [-0.15, -0.1) is 6.42 Å². The van der Waals surface area contributed by atoms with Crippen LogP contribution in [0.15, 0.2) is 0 Å². The first-order chi connectivity index (χ1) is 7.76. The number of carbonyl (C=O) groups is 2. The maximum absolute atomic E-state index is 11.9. The molecule has 0 unspecified atom stereocenters. The van der Waals surface area contributed by atoms with Gasteiger partial charge in [-0.25, -0.2) is 9.59 Å². The van der Waals surface area contributed by atoms with Crippen molar-refractivity contribution in [3.8, 4) is 12.3 Å². The Bertz CT molecular complexity index is 364. The van der Waals surface area contributed by atoms with Crippen LogP contribution in [0.2, 0.25) is 0 Å². The fourth-order valence-electron chi connectivity index (χ4n) is 1.79. The summed E-state index contributed by atoms with van der Waals surface area (Å²) in [5, 5.41) is 9.03. The average Bonchev–Trinajstić information content (AvgIpc) is 2.57. The van der Waals surface area contributed by atoms with E-state index in [4.69, 9.17) is 16.3 Å². The molecule has 17 heavy (non-hydrogen) atoms. The summed E-state index contributed by atoms with van der Waals surface area (Å²) < 4.78 is 5.16. The molecular formula is C12H17NO4. The van der Waals surface area contributed by atoms with Crippen LogP contribution < -0.4 is 0 Å². The molecule has 1 amide bonds. The number of hydrogen-bond donors (Lipinski definition) is 1. The zero-order valence-corrected chi connectivity index (χ0v) is 10.3. The first-order valence-electron chi connectivity index (χ1n) is 5.46. The standard InChI is InChI=1S/C12H17NO4/c1-5-8-6-7-9(10(14)15)13(8)11(16)17-12(2,3)4/h1,8-9H,6-7H2,2-4H3,(H,14,15)/t8-,9-/m0/s1. The summed E-state index contributed by atoms with van der Waals surface area (Å²) in [6.07, 6.45) is 5.49. The smallest absolute Gasteiger partial charge is 0.412 e. The van der Waals surface area contributed by atoms with Gasteiger partial charge in [-0.1, -0.05) is 5.92 Å². The van der Waals surface area contributed by atoms with E-state index in [1.807, 2.05) is 0 Å². The third-order valence-electron chi connectivity index (χ3n) is 2.47. The molecule has 0 spiro atoms. The van der Waals surface area contributed by atoms with Gasteiger partial charge in [0.15, 0.2) is 0 Å². The molecule has 0 bridgehead atoms. The van der Waals surface area contributed by atoms with Crippen molar-refractivity contribution in [2.24, 2.45) is 0 Å². The first kappa shape index (κ1) is 13.4. The Morgan fingerprint density at radius 3 is 2.41 bits per heavy atom. The molecule has 1 aliphatic rings. The van der Waals surface area contributed by atoms with Crippen LogP contribution in [0.5, 0.6) is 0 Å². The van der Waals surface area contributed by atoms with Gasteiger partial charge in [0.2, 0.25) is 0 Å². The Morgan fingerprint density at radius 1 is 1.41 bits per heavy atom. The number of rotatable bonds is 1. The topological polar surface area (TPSA) is 66.8 Å². The van der Waals surface area contributed by atoms with E-state index in [1.54, 1.807) is 20.8 Å². The maximum Gasteiger partial charge on any atom is 0.412 e. The van der Waals surface area contributed by atoms with E-state index >= 15 is 0 Å². The van der Waals surface area contributed by atoms with Crippen molar-refractivity contribution in [3.63, 3.8) is 0 Å². The largest absolute Gasteiger partial charge is 0.480 e. The second-order valence-electron chi connectivity index (χ2n) is 5.00. The lowest BCUT2D eigenvalue weighted by Gasteiger charge is -2.29. The Labute approximate surface area is 101 Å². The van der Waals surface area contributed by atoms with Gasteiger partial charge in [-0.2, -0.15) is 0 Å². The van der Waals surface area contributed by atoms with Crippen LogP contribution in [0.3, 0.4) is 0 Å². The average molecular weight is 239 g/mol. The van der Waals surface area contributed by atoms with Crippen molar-refractivity contribution in [2.45, 2.75) is 51.3 Å². The number of ether oxygens (including phenoxy) is 1. The Hall–Kier alpha value is -1.70. The van der Waals surface area contributed by atoms with Gasteiger partial charge >= 0.3 is 12.1 Å². The number of carbonyl (C=O) groups excluding carboxylic acids is 1. The lowest BCUT2D eigenvalue weighted by atomic mass is 10.2. The predicted octanol–water partition coefficient (Wildman–Crippen LogP) is 1.47. The minimum Gasteiger partial charge on any atom is -0.480 e. The molecule has 0 saturated carbocycles. The number of hydrogen-bond acceptors (Lipinski definition) is 3. The molecule has 2 atom stereocenters. The van der Waals surface area contributed by atoms with Crippen LogP contribution >= 0.6 is 0 Å². The lowest BCUT2D eigenvalue weighted by molar-refractivity contribution is -0.142. The van der Waals surface area contributed by atoms with Crippen molar-refractivity contribution < 1.29 is 19.4 Å². The zero-order chi connectivity index (χ0) is 13.2. The number of likely N-dealkylation sites (tertiary alicyclic amines) is 1. The molecule has 1 saturated heterocycles. The fourth-order valence-corrected chi connectivity index (χ4v) is 1.79. The third kappa shape index (κ3) is 3.13. The van der Waals surface area contributed by atoms with Gasteiger partial charge in [0.05, 0.1) is 6.04 Å². The summed E-state index contributed by atoms with van der Waals surface area (Å²) in [7, 11) is 0. The maximum atomic E-state index is 11.9. The highest BCUT2D eigenvalue weighted by Crippen LogP contribution is 2.26. The number of amides is 1. The van der Waals surface area contributed by atoms with Gasteiger partial charge in [0.1, 0.15) is 11.6 Å². The van der Waals surface area contributed by atoms with E-state index in [2.05, 4.69) is 5.92 Å². The molecule has 0 aromatic carbocycles. The van der Waals surface area contributed by atoms with Crippen molar-refractivity contribution >= 4 is 12.1 Å². The molecule has 0 aromatic heterocycles. The van der Waals surface area contributed by atoms with E-state index in [1.165, 1.54) is 0 Å². The first-order valence-corrected chi connectivity index (χ1v) is 5.46. The van der Waals surface area contributed by atoms with E-state index in [0.717, 1.165) is 4.90 Å². The number of carboxylic acids is 1. The third-order valence-corrected chi connectivity index (χ3v) is 2.47. The van der Waals surface area contributed by atoms with Crippen LogP contribution in [0, 0.1) is 12.3 Å². The van der Waals surface area contributed by atoms with Crippen LogP contribution in [-0.2, 0) is 9.53 Å². The van der Waals surface area contributed by atoms with Gasteiger partial charge in [-0.05, 0) is 33.6 Å². The Balaban J connectivity index is 2.86. The van der Waals surface area contributed by atoms with Gasteiger partial charge in [0, 0.05) is 0 Å². The molecular weight excluding hydrogens is 222 g/mol. The quantitative estimate of drug-likeness (QED) is 0.704. The van der Waals surface area contributed by atoms with Crippen molar-refractivity contribution in [3.05, 3.63) is 0 Å². The molecule has 0 radical (unpaired) electrons. The van der Waals surface area contributed by atoms with Crippen LogP contribution in [0.4, 0.5) is 4.79 Å². The fraction of sp³-hybridized carbons (Fsp3) is 0.667. The molecule has 5 heteroatoms. The van der Waals surface area contributed by atoms with Crippen molar-refractivity contribution in [1.82, 2.24) is 4.90 Å². The monoisotopic (exact) mass is 239 g/mol. The highest BCUT2D eigenvalue weighted by atomic mass is 16.6. The Morgan fingerprint density at radius 2 is 2.00 bits per heavy atom. The summed E-state index contributed by atoms with van der Waals surface area (Å²) in [6, 6.07) is -1.38. The molecule has 1 N–H and O–H groups in total. The SMILES string of the molecule is C#C[C@H]1CC[C@@H](C(=O)O)N1C(=O)OC(C)(C)C. The molecule has 94 valence electrons. The second-order valence-corrected chi connectivity index (χ2v) is 5.00. The molecule has 1 rings (SSSR count). The number of aliphatic carboxylic acids is 1. The van der Waals surface area contributed by atoms with E-state index in [-0.39, 0.29) is 0 Å². The minimum atomic E-state index is -1.05. The number of terminal acetylenes is 1. The normalized spacial score (nSPS) is 24.2. The van der Waals surface area contributed by atoms with E-state index < -0.39 is 29.7 Å². The molecule has 1 fully saturated rings. The van der Waals surface area contributed by atoms with E-state index in [9.17, 15) is 9.59 Å². The summed E-state index contributed by atoms with van der Waals surface area (Å²) in [6.45, 7) is 5.17. The van der Waals surface area contributed by atoms with Crippen LogP contribution in [0.25, 0.3) is 0 Å². The predicted molar refractivity (Wildman–Crippen MR) is 61.4 cm³/mol. The minimum absolute atomic E-state index is 0.365. The lowest BCUT2D eigenvalue weighted by Crippen LogP contribution is -2.46. The molecule has 0 aliphatic carbocycles. The zero-order valence-electron chi connectivity index (χ0n) is 10.3. The van der Waals surface area contributed by atoms with Crippen LogP contribution in [0.1, 0.15) is 33.6 Å². The highest BCUT2D eigenvalue weighted by Gasteiger charge is 2.42. The molecule has 1 heterocycles. The highest BCUT2D eigenvalue weighted by molar-refractivity contribution is 5.81. The number of nitrogens with zero attached hydrogens (tertiary/aromatic N) is 1. The molecule has 5 nitrogen and oxygen atoms in total. The summed E-state index contributed by atoms with van der Waals surface area (Å²) >= 11 is 0. The van der Waals surface area contributed by atoms with Gasteiger partial charge < -0.3 is 9.84 Å². The summed E-state index contributed by atoms with van der Waals surface area (Å²) in [4.78, 5) is 24.1. The summed E-state index contributed by atoms with van der Waals surface area (Å²) in [5.41, 5.74) is -0.665. The molecule has 1 aliphatic heterocycles. The van der Waals surface area contributed by atoms with Crippen LogP contribution in [-0.4, -0.2) is 39.8 Å². The number of carboxylic acid groups (broad SMARTS) is 1. The van der Waals surface area contributed by atoms with Crippen molar-refractivity contribution in [1.29, 1.82) is 0 Å². The van der Waals surface area contributed by atoms with Gasteiger partial charge in [0.25, 0.3) is 0 Å². The second kappa shape index (κ2) is 4.66. The Kier molecular flexibility index (Phi) is 3.66. The van der Waals surface area contributed by atoms with Gasteiger partial charge in [-0.3, -0.25) is 4.90 Å².